The van der Waals surface area contributed by atoms with E-state index in [2.05, 4.69) is 17.8 Å². The minimum atomic E-state index is -1.95. The van der Waals surface area contributed by atoms with Crippen LogP contribution in [0.15, 0.2) is 66.2 Å². The molecule has 0 aromatic heterocycles. The van der Waals surface area contributed by atoms with Crippen LogP contribution in [0.1, 0.15) is 28.8 Å². The van der Waals surface area contributed by atoms with E-state index in [-0.39, 0.29) is 18.6 Å². The molecule has 0 saturated heterocycles. The molecule has 0 aliphatic carbocycles. The fourth-order valence-corrected chi connectivity index (χ4v) is 2.89. The predicted octanol–water partition coefficient (Wildman–Crippen LogP) is 3.70. The van der Waals surface area contributed by atoms with Gasteiger partial charge in [0.2, 0.25) is 5.41 Å². The minimum Gasteiger partial charge on any atom is -0.467 e. The van der Waals surface area contributed by atoms with Gasteiger partial charge < -0.3 is 9.47 Å². The number of esters is 2. The molecule has 5 nitrogen and oxygen atoms in total. The van der Waals surface area contributed by atoms with Gasteiger partial charge in [0.1, 0.15) is 0 Å². The van der Waals surface area contributed by atoms with Crippen molar-refractivity contribution in [1.82, 2.24) is 0 Å². The van der Waals surface area contributed by atoms with E-state index >= 15 is 0 Å². The second-order valence-electron chi connectivity index (χ2n) is 6.52. The lowest BCUT2D eigenvalue weighted by Gasteiger charge is -2.20. The van der Waals surface area contributed by atoms with Crippen LogP contribution in [0.5, 0.6) is 0 Å². The number of carbonyl (C=O) groups is 3. The summed E-state index contributed by atoms with van der Waals surface area (Å²) in [5.41, 5.74) is -0.234. The number of Topliss-reactive ketones (excluding diaryl/α,β-unsaturated/α-hetero) is 1. The first-order valence-corrected chi connectivity index (χ1v) is 9.44. The highest BCUT2D eigenvalue weighted by Crippen LogP contribution is 2.25. The fourth-order valence-electron chi connectivity index (χ4n) is 2.89. The maximum absolute atomic E-state index is 13.1. The number of methoxy groups -OCH3 is 2. The van der Waals surface area contributed by atoms with E-state index in [1.165, 1.54) is 0 Å². The average molecular weight is 414 g/mol. The van der Waals surface area contributed by atoms with Gasteiger partial charge in [0.05, 0.1) is 14.2 Å². The van der Waals surface area contributed by atoms with Crippen molar-refractivity contribution >= 4 is 23.8 Å². The number of ether oxygens (including phenoxy) is 2. The lowest BCUT2D eigenvalue weighted by molar-refractivity contribution is -0.163. The van der Waals surface area contributed by atoms with E-state index in [4.69, 9.17) is 15.9 Å². The molecule has 0 fully saturated rings. The Morgan fingerprint density at radius 3 is 2.00 bits per heavy atom. The normalized spacial score (nSPS) is 10.8. The van der Waals surface area contributed by atoms with Crippen LogP contribution in [0.25, 0.3) is 6.08 Å². The molecule has 0 bridgehead atoms. The van der Waals surface area contributed by atoms with Gasteiger partial charge in [-0.15, -0.1) is 12.3 Å². The van der Waals surface area contributed by atoms with Gasteiger partial charge in [-0.2, -0.15) is 0 Å². The van der Waals surface area contributed by atoms with Crippen LogP contribution in [-0.2, 0) is 19.1 Å². The van der Waals surface area contributed by atoms with E-state index in [0.29, 0.717) is 11.1 Å². The zero-order valence-corrected chi connectivity index (χ0v) is 17.4. The summed E-state index contributed by atoms with van der Waals surface area (Å²) in [5, 5.41) is 0. The first kappa shape index (κ1) is 23.2. The molecule has 0 aliphatic rings. The number of ketones is 1. The Kier molecular flexibility index (Phi) is 8.37. The number of hydrogen-bond donors (Lipinski definition) is 0. The van der Waals surface area contributed by atoms with Gasteiger partial charge in [0, 0.05) is 24.0 Å². The van der Waals surface area contributed by atoms with E-state index < -0.39 is 17.4 Å². The van der Waals surface area contributed by atoms with Crippen molar-refractivity contribution in [3.8, 4) is 24.2 Å². The molecule has 5 heteroatoms. The molecule has 31 heavy (non-hydrogen) atoms. The molecule has 0 N–H and O–H groups in total. The Labute approximate surface area is 182 Å². The molecule has 2 aromatic carbocycles. The van der Waals surface area contributed by atoms with Gasteiger partial charge in [0.15, 0.2) is 5.78 Å². The quantitative estimate of drug-likeness (QED) is 0.227. The Balaban J connectivity index is 2.48. The van der Waals surface area contributed by atoms with Gasteiger partial charge in [-0.3, -0.25) is 4.79 Å². The summed E-state index contributed by atoms with van der Waals surface area (Å²) in [7, 11) is 2.27. The van der Waals surface area contributed by atoms with E-state index in [1.54, 1.807) is 30.3 Å². The molecule has 2 rings (SSSR count). The van der Waals surface area contributed by atoms with Crippen molar-refractivity contribution in [1.29, 1.82) is 0 Å². The molecule has 0 spiro atoms. The molecule has 0 unspecified atom stereocenters. The highest BCUT2D eigenvalue weighted by Gasteiger charge is 2.46. The predicted molar refractivity (Wildman–Crippen MR) is 117 cm³/mol. The summed E-state index contributed by atoms with van der Waals surface area (Å²) >= 11 is 0. The summed E-state index contributed by atoms with van der Waals surface area (Å²) in [4.78, 5) is 37.7. The first-order chi connectivity index (χ1) is 15.0. The van der Waals surface area contributed by atoms with Gasteiger partial charge in [-0.1, -0.05) is 72.5 Å². The maximum Gasteiger partial charge on any atom is 0.336 e. The smallest absolute Gasteiger partial charge is 0.336 e. The number of terminal acetylenes is 1. The van der Waals surface area contributed by atoms with Crippen LogP contribution < -0.4 is 0 Å². The summed E-state index contributed by atoms with van der Waals surface area (Å²) in [6, 6.07) is 18.1. The topological polar surface area (TPSA) is 69.7 Å². The van der Waals surface area contributed by atoms with Gasteiger partial charge in [-0.25, -0.2) is 9.59 Å². The molecule has 0 aliphatic heterocycles. The van der Waals surface area contributed by atoms with Crippen molar-refractivity contribution in [3.05, 3.63) is 77.4 Å². The van der Waals surface area contributed by atoms with Gasteiger partial charge in [-0.05, 0) is 11.6 Å². The molecule has 2 aromatic rings. The van der Waals surface area contributed by atoms with Crippen LogP contribution in [0, 0.1) is 29.6 Å². The summed E-state index contributed by atoms with van der Waals surface area (Å²) in [6.45, 7) is 0. The third-order valence-corrected chi connectivity index (χ3v) is 4.48. The monoisotopic (exact) mass is 414 g/mol. The second kappa shape index (κ2) is 11.2. The Morgan fingerprint density at radius 1 is 0.935 bits per heavy atom. The Bertz CT molecular complexity index is 1050. The number of hydrogen-bond acceptors (Lipinski definition) is 5. The highest BCUT2D eigenvalue weighted by molar-refractivity contribution is 6.11. The van der Waals surface area contributed by atoms with Crippen molar-refractivity contribution < 1.29 is 23.9 Å². The van der Waals surface area contributed by atoms with Crippen LogP contribution in [-0.4, -0.2) is 31.9 Å². The summed E-state index contributed by atoms with van der Waals surface area (Å²) in [5.74, 6) is 5.65. The van der Waals surface area contributed by atoms with E-state index in [9.17, 15) is 14.4 Å². The molecular formula is C26H22O5. The van der Waals surface area contributed by atoms with Crippen LogP contribution >= 0.6 is 0 Å². The Hall–Kier alpha value is -4.09. The zero-order valence-electron chi connectivity index (χ0n) is 17.4. The van der Waals surface area contributed by atoms with Crippen molar-refractivity contribution in [2.45, 2.75) is 12.8 Å². The SMILES string of the molecule is C#CCC(C#CC/C(=C/c1ccccc1)C(=O)c1ccccc1)(C(=O)OC)C(=O)OC. The molecule has 0 radical (unpaired) electrons. The second-order valence-corrected chi connectivity index (χ2v) is 6.52. The molecule has 0 atom stereocenters. The summed E-state index contributed by atoms with van der Waals surface area (Å²) < 4.78 is 9.48. The van der Waals surface area contributed by atoms with Gasteiger partial charge in [0.25, 0.3) is 0 Å². The van der Waals surface area contributed by atoms with Crippen molar-refractivity contribution in [2.75, 3.05) is 14.2 Å². The van der Waals surface area contributed by atoms with E-state index in [0.717, 1.165) is 19.8 Å². The number of allylic oxidation sites excluding steroid dienone is 1. The van der Waals surface area contributed by atoms with Crippen LogP contribution in [0.3, 0.4) is 0 Å². The van der Waals surface area contributed by atoms with Crippen molar-refractivity contribution in [2.24, 2.45) is 5.41 Å². The third-order valence-electron chi connectivity index (χ3n) is 4.48. The molecule has 156 valence electrons. The van der Waals surface area contributed by atoms with Gasteiger partial charge >= 0.3 is 11.9 Å². The number of carbonyl (C=O) groups excluding carboxylic acids is 3. The average Bonchev–Trinajstić information content (AvgIpc) is 2.82. The van der Waals surface area contributed by atoms with Crippen LogP contribution in [0.2, 0.25) is 0 Å². The molecule has 0 amide bonds. The Morgan fingerprint density at radius 2 is 1.48 bits per heavy atom. The number of rotatable bonds is 7. The minimum absolute atomic E-state index is 0.0110. The third kappa shape index (κ3) is 5.72. The largest absolute Gasteiger partial charge is 0.467 e. The number of benzene rings is 2. The fraction of sp³-hybridized carbons (Fsp3) is 0.192. The van der Waals surface area contributed by atoms with E-state index in [1.807, 2.05) is 36.4 Å². The first-order valence-electron chi connectivity index (χ1n) is 9.44. The molecule has 0 saturated carbocycles. The van der Waals surface area contributed by atoms with Crippen LogP contribution in [0.4, 0.5) is 0 Å². The summed E-state index contributed by atoms with van der Waals surface area (Å²) in [6.07, 6.45) is 6.76. The molecule has 0 heterocycles. The lowest BCUT2D eigenvalue weighted by atomic mass is 9.85. The highest BCUT2D eigenvalue weighted by atomic mass is 16.5. The standard InChI is InChI=1S/C26H22O5/c1-4-17-26(24(28)30-2,25(29)31-3)18-11-16-22(19-20-12-7-5-8-13-20)23(27)21-14-9-6-10-15-21/h1,5-10,12-15,19H,16-17H2,2-3H3/b22-19-. The zero-order chi connectivity index (χ0) is 22.7. The molecular weight excluding hydrogens is 392 g/mol. The lowest BCUT2D eigenvalue weighted by Crippen LogP contribution is -2.40. The van der Waals surface area contributed by atoms with Crippen molar-refractivity contribution in [3.63, 3.8) is 0 Å². The maximum atomic E-state index is 13.1.